The minimum atomic E-state index is -0.461. The molecule has 0 aliphatic rings. The van der Waals surface area contributed by atoms with Crippen LogP contribution in [0.3, 0.4) is 0 Å². The summed E-state index contributed by atoms with van der Waals surface area (Å²) < 4.78 is 0. The SMILES string of the molecule is [C-]#[N+]c1ccc([N+](=O)[O-])cc1/C=C/c1ccc(C)cc1. The summed E-state index contributed by atoms with van der Waals surface area (Å²) in [5.41, 5.74) is 3.09. The predicted molar refractivity (Wildman–Crippen MR) is 79.5 cm³/mol. The first-order valence-electron chi connectivity index (χ1n) is 6.01. The molecule has 2 rings (SSSR count). The Morgan fingerprint density at radius 1 is 1.15 bits per heavy atom. The van der Waals surface area contributed by atoms with Crippen molar-refractivity contribution in [1.82, 2.24) is 0 Å². The third-order valence-electron chi connectivity index (χ3n) is 2.88. The highest BCUT2D eigenvalue weighted by Gasteiger charge is 2.08. The maximum absolute atomic E-state index is 10.8. The van der Waals surface area contributed by atoms with Gasteiger partial charge in [-0.05, 0) is 24.1 Å². The van der Waals surface area contributed by atoms with Gasteiger partial charge < -0.3 is 0 Å². The van der Waals surface area contributed by atoms with Crippen LogP contribution in [0, 0.1) is 23.6 Å². The first-order chi connectivity index (χ1) is 9.60. The molecular weight excluding hydrogens is 252 g/mol. The quantitative estimate of drug-likeness (QED) is 0.351. The molecule has 0 aliphatic carbocycles. The Hall–Kier alpha value is -2.93. The van der Waals surface area contributed by atoms with Gasteiger partial charge >= 0.3 is 0 Å². The van der Waals surface area contributed by atoms with Crippen LogP contribution in [-0.2, 0) is 0 Å². The van der Waals surface area contributed by atoms with Crippen LogP contribution in [0.5, 0.6) is 0 Å². The van der Waals surface area contributed by atoms with Gasteiger partial charge in [0.1, 0.15) is 0 Å². The van der Waals surface area contributed by atoms with Gasteiger partial charge in [0.2, 0.25) is 0 Å². The number of hydrogen-bond acceptors (Lipinski definition) is 2. The van der Waals surface area contributed by atoms with Crippen molar-refractivity contribution in [3.8, 4) is 0 Å². The second-order valence-corrected chi connectivity index (χ2v) is 4.36. The summed E-state index contributed by atoms with van der Waals surface area (Å²) in [5.74, 6) is 0. The van der Waals surface area contributed by atoms with Crippen molar-refractivity contribution in [2.45, 2.75) is 6.92 Å². The smallest absolute Gasteiger partial charge is 0.258 e. The maximum atomic E-state index is 10.8. The summed E-state index contributed by atoms with van der Waals surface area (Å²) in [7, 11) is 0. The molecule has 2 aromatic carbocycles. The van der Waals surface area contributed by atoms with Gasteiger partial charge in [0, 0.05) is 12.1 Å². The van der Waals surface area contributed by atoms with Crippen LogP contribution >= 0.6 is 0 Å². The van der Waals surface area contributed by atoms with Crippen LogP contribution in [0.4, 0.5) is 11.4 Å². The third-order valence-corrected chi connectivity index (χ3v) is 2.88. The molecule has 0 bridgehead atoms. The van der Waals surface area contributed by atoms with Crippen LogP contribution in [0.1, 0.15) is 16.7 Å². The number of hydrogen-bond donors (Lipinski definition) is 0. The van der Waals surface area contributed by atoms with Crippen molar-refractivity contribution < 1.29 is 4.92 Å². The molecule has 4 heteroatoms. The van der Waals surface area contributed by atoms with E-state index in [4.69, 9.17) is 6.57 Å². The lowest BCUT2D eigenvalue weighted by Crippen LogP contribution is -1.87. The monoisotopic (exact) mass is 264 g/mol. The number of nitro groups is 1. The lowest BCUT2D eigenvalue weighted by Gasteiger charge is -1.99. The Labute approximate surface area is 117 Å². The molecule has 0 amide bonds. The highest BCUT2D eigenvalue weighted by molar-refractivity contribution is 5.78. The summed E-state index contributed by atoms with van der Waals surface area (Å²) in [6, 6.07) is 12.1. The Bertz CT molecular complexity index is 710. The van der Waals surface area contributed by atoms with Crippen molar-refractivity contribution in [3.63, 3.8) is 0 Å². The molecule has 0 aromatic heterocycles. The Morgan fingerprint density at radius 2 is 1.85 bits per heavy atom. The number of benzene rings is 2. The molecule has 0 unspecified atom stereocenters. The van der Waals surface area contributed by atoms with Crippen molar-refractivity contribution in [1.29, 1.82) is 0 Å². The standard InChI is InChI=1S/C16H12N2O2/c1-12-3-5-13(6-4-12)7-8-14-11-15(18(19)20)9-10-16(14)17-2/h3-11H,1H3/b8-7+. The van der Waals surface area contributed by atoms with E-state index in [-0.39, 0.29) is 5.69 Å². The van der Waals surface area contributed by atoms with Crippen LogP contribution in [-0.4, -0.2) is 4.92 Å². The molecule has 0 spiro atoms. The molecule has 0 radical (unpaired) electrons. The van der Waals surface area contributed by atoms with E-state index in [1.54, 1.807) is 6.08 Å². The zero-order valence-corrected chi connectivity index (χ0v) is 10.9. The molecule has 2 aromatic rings. The lowest BCUT2D eigenvalue weighted by molar-refractivity contribution is -0.384. The number of aryl methyl sites for hydroxylation is 1. The Morgan fingerprint density at radius 3 is 2.45 bits per heavy atom. The minimum absolute atomic E-state index is 0.0130. The second-order valence-electron chi connectivity index (χ2n) is 4.36. The molecule has 0 aliphatic heterocycles. The summed E-state index contributed by atoms with van der Waals surface area (Å²) in [4.78, 5) is 13.7. The lowest BCUT2D eigenvalue weighted by atomic mass is 10.1. The van der Waals surface area contributed by atoms with Crippen molar-refractivity contribution in [2.75, 3.05) is 0 Å². The van der Waals surface area contributed by atoms with Gasteiger partial charge in [0.15, 0.2) is 5.69 Å². The first-order valence-corrected chi connectivity index (χ1v) is 6.01. The molecule has 0 saturated heterocycles. The Balaban J connectivity index is 2.36. The largest absolute Gasteiger partial charge is 0.267 e. The zero-order valence-electron chi connectivity index (χ0n) is 10.9. The summed E-state index contributed by atoms with van der Waals surface area (Å²) in [5, 5.41) is 10.8. The van der Waals surface area contributed by atoms with E-state index in [1.165, 1.54) is 23.8 Å². The fourth-order valence-electron chi connectivity index (χ4n) is 1.75. The van der Waals surface area contributed by atoms with Crippen molar-refractivity contribution in [3.05, 3.63) is 80.7 Å². The fraction of sp³-hybridized carbons (Fsp3) is 0.0625. The van der Waals surface area contributed by atoms with E-state index in [1.807, 2.05) is 37.3 Å². The van der Waals surface area contributed by atoms with Gasteiger partial charge in [-0.15, -0.1) is 0 Å². The van der Waals surface area contributed by atoms with E-state index in [0.717, 1.165) is 5.56 Å². The van der Waals surface area contributed by atoms with Gasteiger partial charge in [0.25, 0.3) is 5.69 Å². The summed E-state index contributed by atoms with van der Waals surface area (Å²) >= 11 is 0. The average molecular weight is 264 g/mol. The first kappa shape index (κ1) is 13.5. The van der Waals surface area contributed by atoms with Crippen molar-refractivity contribution >= 4 is 23.5 Å². The van der Waals surface area contributed by atoms with E-state index in [9.17, 15) is 10.1 Å². The highest BCUT2D eigenvalue weighted by atomic mass is 16.6. The van der Waals surface area contributed by atoms with Gasteiger partial charge in [-0.3, -0.25) is 10.1 Å². The van der Waals surface area contributed by atoms with Crippen LogP contribution < -0.4 is 0 Å². The van der Waals surface area contributed by atoms with E-state index < -0.39 is 4.92 Å². The van der Waals surface area contributed by atoms with Gasteiger partial charge in [-0.1, -0.05) is 42.0 Å². The number of nitrogens with zero attached hydrogens (tertiary/aromatic N) is 2. The molecule has 4 nitrogen and oxygen atoms in total. The van der Waals surface area contributed by atoms with E-state index >= 15 is 0 Å². The van der Waals surface area contributed by atoms with Crippen LogP contribution in [0.15, 0.2) is 42.5 Å². The zero-order chi connectivity index (χ0) is 14.5. The maximum Gasteiger partial charge on any atom is 0.267 e. The summed E-state index contributed by atoms with van der Waals surface area (Å²) in [6.07, 6.45) is 3.57. The molecule has 0 fully saturated rings. The molecule has 0 N–H and O–H groups in total. The molecule has 98 valence electrons. The van der Waals surface area contributed by atoms with Crippen LogP contribution in [0.2, 0.25) is 0 Å². The average Bonchev–Trinajstić information content (AvgIpc) is 2.46. The molecule has 0 atom stereocenters. The van der Waals surface area contributed by atoms with Gasteiger partial charge in [-0.25, -0.2) is 4.85 Å². The van der Waals surface area contributed by atoms with Crippen molar-refractivity contribution in [2.24, 2.45) is 0 Å². The second kappa shape index (κ2) is 5.81. The van der Waals surface area contributed by atoms with Gasteiger partial charge in [-0.2, -0.15) is 0 Å². The third kappa shape index (κ3) is 3.09. The van der Waals surface area contributed by atoms with E-state index in [2.05, 4.69) is 4.85 Å². The van der Waals surface area contributed by atoms with E-state index in [0.29, 0.717) is 11.3 Å². The number of non-ortho nitro benzene ring substituents is 1. The topological polar surface area (TPSA) is 47.5 Å². The number of rotatable bonds is 3. The minimum Gasteiger partial charge on any atom is -0.258 e. The predicted octanol–water partition coefficient (Wildman–Crippen LogP) is 4.62. The van der Waals surface area contributed by atoms with Crippen LogP contribution in [0.25, 0.3) is 17.0 Å². The molecule has 20 heavy (non-hydrogen) atoms. The van der Waals surface area contributed by atoms with Gasteiger partial charge in [0.05, 0.1) is 11.5 Å². The molecule has 0 saturated carbocycles. The number of nitro benzene ring substituents is 1. The molecule has 0 heterocycles. The molecular formula is C16H12N2O2. The Kier molecular flexibility index (Phi) is 3.92. The summed E-state index contributed by atoms with van der Waals surface area (Å²) in [6.45, 7) is 9.10. The normalized spacial score (nSPS) is 10.4. The highest BCUT2D eigenvalue weighted by Crippen LogP contribution is 2.26. The fourth-order valence-corrected chi connectivity index (χ4v) is 1.75.